The van der Waals surface area contributed by atoms with E-state index in [1.165, 1.54) is 12.1 Å². The number of carbonyl (C=O) groups is 1. The molecule has 1 amide bonds. The van der Waals surface area contributed by atoms with E-state index in [0.29, 0.717) is 39.0 Å². The maximum Gasteiger partial charge on any atom is 0.223 e. The molecule has 120 valence electrons. The van der Waals surface area contributed by atoms with Gasteiger partial charge in [0.15, 0.2) is 0 Å². The quantitative estimate of drug-likeness (QED) is 0.928. The van der Waals surface area contributed by atoms with E-state index in [9.17, 15) is 14.3 Å². The molecule has 2 saturated heterocycles. The van der Waals surface area contributed by atoms with Gasteiger partial charge in [0.05, 0.1) is 12.6 Å². The Morgan fingerprint density at radius 3 is 3.09 bits per heavy atom. The lowest BCUT2D eigenvalue weighted by atomic mass is 9.87. The molecule has 1 N–H and O–H groups in total. The minimum absolute atomic E-state index is 0.0473. The van der Waals surface area contributed by atoms with Gasteiger partial charge in [-0.1, -0.05) is 12.1 Å². The van der Waals surface area contributed by atoms with Gasteiger partial charge in [0.1, 0.15) is 11.4 Å². The number of rotatable bonds is 3. The van der Waals surface area contributed by atoms with Crippen LogP contribution >= 0.6 is 0 Å². The predicted octanol–water partition coefficient (Wildman–Crippen LogP) is 1.90. The summed E-state index contributed by atoms with van der Waals surface area (Å²) in [6, 6.07) is 6.36. The molecule has 0 bridgehead atoms. The lowest BCUT2D eigenvalue weighted by molar-refractivity contribution is -0.154. The van der Waals surface area contributed by atoms with Crippen LogP contribution in [-0.2, 0) is 16.0 Å². The largest absolute Gasteiger partial charge is 0.390 e. The average molecular weight is 307 g/mol. The molecule has 3 rings (SSSR count). The van der Waals surface area contributed by atoms with E-state index in [4.69, 9.17) is 4.74 Å². The van der Waals surface area contributed by atoms with Crippen LogP contribution in [-0.4, -0.2) is 47.3 Å². The van der Waals surface area contributed by atoms with E-state index in [0.717, 1.165) is 18.4 Å². The number of benzene rings is 1. The molecular formula is C17H22FNO3. The van der Waals surface area contributed by atoms with Crippen LogP contribution in [0.5, 0.6) is 0 Å². The fourth-order valence-corrected chi connectivity index (χ4v) is 3.47. The van der Waals surface area contributed by atoms with Crippen LogP contribution in [0.25, 0.3) is 0 Å². The fraction of sp³-hybridized carbons (Fsp3) is 0.588. The second-order valence-corrected chi connectivity index (χ2v) is 6.27. The number of halogens is 1. The highest BCUT2D eigenvalue weighted by atomic mass is 19.1. The van der Waals surface area contributed by atoms with Gasteiger partial charge in [-0.3, -0.25) is 4.79 Å². The Balaban J connectivity index is 1.58. The Labute approximate surface area is 129 Å². The zero-order valence-electron chi connectivity index (χ0n) is 12.6. The van der Waals surface area contributed by atoms with Crippen molar-refractivity contribution >= 4 is 5.91 Å². The van der Waals surface area contributed by atoms with Crippen molar-refractivity contribution in [3.05, 3.63) is 35.6 Å². The molecule has 0 aromatic heterocycles. The van der Waals surface area contributed by atoms with Gasteiger partial charge in [-0.2, -0.15) is 0 Å². The standard InChI is InChI=1S/C17H22FNO3/c18-14-4-1-3-13(11-14)5-6-16(21)19-9-7-15(20)17(12-19)8-2-10-22-17/h1,3-4,11,15,20H,2,5-10,12H2/t15-,17-/m0/s1. The summed E-state index contributed by atoms with van der Waals surface area (Å²) in [6.45, 7) is 1.69. The molecule has 0 radical (unpaired) electrons. The summed E-state index contributed by atoms with van der Waals surface area (Å²) >= 11 is 0. The van der Waals surface area contributed by atoms with Gasteiger partial charge in [-0.05, 0) is 43.4 Å². The lowest BCUT2D eigenvalue weighted by Gasteiger charge is -2.43. The summed E-state index contributed by atoms with van der Waals surface area (Å²) in [6.07, 6.45) is 2.71. The van der Waals surface area contributed by atoms with Crippen LogP contribution in [0.1, 0.15) is 31.2 Å². The molecule has 1 aromatic carbocycles. The molecule has 0 saturated carbocycles. The Morgan fingerprint density at radius 1 is 1.50 bits per heavy atom. The number of likely N-dealkylation sites (tertiary alicyclic amines) is 1. The second-order valence-electron chi connectivity index (χ2n) is 6.27. The minimum atomic E-state index is -0.563. The van der Waals surface area contributed by atoms with Gasteiger partial charge >= 0.3 is 0 Å². The highest BCUT2D eigenvalue weighted by Crippen LogP contribution is 2.35. The molecule has 5 heteroatoms. The van der Waals surface area contributed by atoms with Crippen molar-refractivity contribution in [3.63, 3.8) is 0 Å². The highest BCUT2D eigenvalue weighted by Gasteiger charge is 2.46. The van der Waals surface area contributed by atoms with Gasteiger partial charge in [0.2, 0.25) is 5.91 Å². The molecular weight excluding hydrogens is 285 g/mol. The molecule has 2 aliphatic heterocycles. The van der Waals surface area contributed by atoms with Crippen molar-refractivity contribution < 1.29 is 19.0 Å². The van der Waals surface area contributed by atoms with E-state index in [1.54, 1.807) is 11.0 Å². The first-order valence-electron chi connectivity index (χ1n) is 7.93. The van der Waals surface area contributed by atoms with E-state index >= 15 is 0 Å². The van der Waals surface area contributed by atoms with Gasteiger partial charge in [-0.15, -0.1) is 0 Å². The molecule has 0 aliphatic carbocycles. The summed E-state index contributed by atoms with van der Waals surface area (Å²) in [5.41, 5.74) is 0.268. The third kappa shape index (κ3) is 3.15. The van der Waals surface area contributed by atoms with Gasteiger partial charge < -0.3 is 14.7 Å². The van der Waals surface area contributed by atoms with Crippen LogP contribution < -0.4 is 0 Å². The molecule has 0 unspecified atom stereocenters. The number of aryl methyl sites for hydroxylation is 1. The molecule has 4 nitrogen and oxygen atoms in total. The topological polar surface area (TPSA) is 49.8 Å². The SMILES string of the molecule is O=C(CCc1cccc(F)c1)N1CC[C@H](O)[C@]2(CCCO2)C1. The Kier molecular flexibility index (Phi) is 4.45. The first-order valence-corrected chi connectivity index (χ1v) is 7.93. The van der Waals surface area contributed by atoms with E-state index in [1.807, 2.05) is 6.07 Å². The Bertz CT molecular complexity index is 542. The molecule has 2 fully saturated rings. The molecule has 2 atom stereocenters. The number of piperidine rings is 1. The monoisotopic (exact) mass is 307 g/mol. The van der Waals surface area contributed by atoms with Crippen molar-refractivity contribution in [3.8, 4) is 0 Å². The molecule has 2 heterocycles. The first kappa shape index (κ1) is 15.4. The van der Waals surface area contributed by atoms with Gasteiger partial charge in [0.25, 0.3) is 0 Å². The van der Waals surface area contributed by atoms with Crippen LogP contribution in [0, 0.1) is 5.82 Å². The number of ether oxygens (including phenoxy) is 1. The van der Waals surface area contributed by atoms with Gasteiger partial charge in [0, 0.05) is 19.6 Å². The average Bonchev–Trinajstić information content (AvgIpc) is 2.97. The Hall–Kier alpha value is -1.46. The van der Waals surface area contributed by atoms with Crippen molar-refractivity contribution in [2.75, 3.05) is 19.7 Å². The third-order valence-electron chi connectivity index (χ3n) is 4.74. The van der Waals surface area contributed by atoms with Crippen LogP contribution in [0.2, 0.25) is 0 Å². The number of aliphatic hydroxyl groups excluding tert-OH is 1. The van der Waals surface area contributed by atoms with E-state index in [-0.39, 0.29) is 11.7 Å². The zero-order valence-corrected chi connectivity index (χ0v) is 12.6. The Morgan fingerprint density at radius 2 is 2.36 bits per heavy atom. The molecule has 1 spiro atoms. The van der Waals surface area contributed by atoms with Gasteiger partial charge in [-0.25, -0.2) is 4.39 Å². The maximum absolute atomic E-state index is 13.1. The number of aliphatic hydroxyl groups is 1. The number of nitrogens with zero attached hydrogens (tertiary/aromatic N) is 1. The van der Waals surface area contributed by atoms with Crippen molar-refractivity contribution in [1.29, 1.82) is 0 Å². The second kappa shape index (κ2) is 6.34. The fourth-order valence-electron chi connectivity index (χ4n) is 3.47. The number of hydrogen-bond donors (Lipinski definition) is 1. The highest BCUT2D eigenvalue weighted by molar-refractivity contribution is 5.76. The van der Waals surface area contributed by atoms with E-state index in [2.05, 4.69) is 0 Å². The van der Waals surface area contributed by atoms with Crippen LogP contribution in [0.15, 0.2) is 24.3 Å². The summed E-state index contributed by atoms with van der Waals surface area (Å²) in [7, 11) is 0. The normalized spacial score (nSPS) is 28.3. The van der Waals surface area contributed by atoms with Crippen LogP contribution in [0.3, 0.4) is 0 Å². The van der Waals surface area contributed by atoms with Crippen LogP contribution in [0.4, 0.5) is 4.39 Å². The first-order chi connectivity index (χ1) is 10.6. The smallest absolute Gasteiger partial charge is 0.223 e. The predicted molar refractivity (Wildman–Crippen MR) is 79.8 cm³/mol. The molecule has 2 aliphatic rings. The number of carbonyl (C=O) groups excluding carboxylic acids is 1. The van der Waals surface area contributed by atoms with Crippen molar-refractivity contribution in [1.82, 2.24) is 4.90 Å². The molecule has 1 aromatic rings. The number of hydrogen-bond acceptors (Lipinski definition) is 3. The summed E-state index contributed by atoms with van der Waals surface area (Å²) in [5.74, 6) is -0.226. The molecule has 22 heavy (non-hydrogen) atoms. The lowest BCUT2D eigenvalue weighted by Crippen LogP contribution is -2.57. The van der Waals surface area contributed by atoms with E-state index < -0.39 is 11.7 Å². The summed E-state index contributed by atoms with van der Waals surface area (Å²) < 4.78 is 18.9. The maximum atomic E-state index is 13.1. The third-order valence-corrected chi connectivity index (χ3v) is 4.74. The summed E-state index contributed by atoms with van der Waals surface area (Å²) in [4.78, 5) is 14.2. The summed E-state index contributed by atoms with van der Waals surface area (Å²) in [5, 5.41) is 10.2. The minimum Gasteiger partial charge on any atom is -0.390 e. The number of amides is 1. The zero-order chi connectivity index (χ0) is 15.6. The van der Waals surface area contributed by atoms with Crippen molar-refractivity contribution in [2.24, 2.45) is 0 Å². The van der Waals surface area contributed by atoms with Crippen molar-refractivity contribution in [2.45, 2.75) is 43.8 Å².